The Morgan fingerprint density at radius 3 is 2.76 bits per heavy atom. The SMILES string of the molecule is Nc1cccnc1-c1nc(CSc2ccc(F)cc2)no1. The van der Waals surface area contributed by atoms with Crippen molar-refractivity contribution in [2.24, 2.45) is 0 Å². The zero-order valence-corrected chi connectivity index (χ0v) is 11.7. The quantitative estimate of drug-likeness (QED) is 0.746. The van der Waals surface area contributed by atoms with Crippen LogP contribution in [0, 0.1) is 5.82 Å². The van der Waals surface area contributed by atoms with E-state index in [0.29, 0.717) is 28.8 Å². The Hall–Kier alpha value is -2.41. The highest BCUT2D eigenvalue weighted by Crippen LogP contribution is 2.24. The number of pyridine rings is 1. The zero-order chi connectivity index (χ0) is 14.7. The van der Waals surface area contributed by atoms with Gasteiger partial charge < -0.3 is 10.3 Å². The van der Waals surface area contributed by atoms with Gasteiger partial charge in [0.1, 0.15) is 5.82 Å². The minimum Gasteiger partial charge on any atom is -0.397 e. The van der Waals surface area contributed by atoms with Crippen molar-refractivity contribution < 1.29 is 8.91 Å². The second kappa shape index (κ2) is 5.92. The van der Waals surface area contributed by atoms with Gasteiger partial charge in [-0.1, -0.05) is 5.16 Å². The summed E-state index contributed by atoms with van der Waals surface area (Å²) in [6.07, 6.45) is 1.61. The Labute approximate surface area is 124 Å². The number of nitrogens with two attached hydrogens (primary N) is 1. The van der Waals surface area contributed by atoms with Crippen molar-refractivity contribution in [1.29, 1.82) is 0 Å². The molecule has 7 heteroatoms. The molecule has 2 aromatic heterocycles. The summed E-state index contributed by atoms with van der Waals surface area (Å²) in [4.78, 5) is 9.31. The lowest BCUT2D eigenvalue weighted by Crippen LogP contribution is -1.92. The van der Waals surface area contributed by atoms with Crippen molar-refractivity contribution in [2.45, 2.75) is 10.6 Å². The second-order valence-electron chi connectivity index (χ2n) is 4.20. The first kappa shape index (κ1) is 13.6. The van der Waals surface area contributed by atoms with Gasteiger partial charge in [0.25, 0.3) is 5.89 Å². The number of anilines is 1. The van der Waals surface area contributed by atoms with Crippen molar-refractivity contribution in [3.8, 4) is 11.6 Å². The molecular weight excluding hydrogens is 291 g/mol. The number of halogens is 1. The molecule has 0 saturated heterocycles. The predicted octanol–water partition coefficient (Wildman–Crippen LogP) is 3.15. The first-order valence-electron chi connectivity index (χ1n) is 6.14. The number of benzene rings is 1. The van der Waals surface area contributed by atoms with E-state index in [-0.39, 0.29) is 5.82 Å². The van der Waals surface area contributed by atoms with Crippen LogP contribution in [0.25, 0.3) is 11.6 Å². The van der Waals surface area contributed by atoms with Gasteiger partial charge in [0.05, 0.1) is 11.4 Å². The van der Waals surface area contributed by atoms with Gasteiger partial charge in [-0.3, -0.25) is 0 Å². The first-order chi connectivity index (χ1) is 10.2. The standard InChI is InChI=1S/C14H11FN4OS/c15-9-3-5-10(6-4-9)21-8-12-18-14(20-19-12)13-11(16)2-1-7-17-13/h1-7H,8,16H2. The minimum atomic E-state index is -0.258. The molecule has 0 saturated carbocycles. The molecule has 5 nitrogen and oxygen atoms in total. The van der Waals surface area contributed by atoms with Gasteiger partial charge in [-0.2, -0.15) is 4.98 Å². The number of aromatic nitrogens is 3. The van der Waals surface area contributed by atoms with E-state index < -0.39 is 0 Å². The van der Waals surface area contributed by atoms with E-state index in [2.05, 4.69) is 15.1 Å². The summed E-state index contributed by atoms with van der Waals surface area (Å²) >= 11 is 1.49. The lowest BCUT2D eigenvalue weighted by atomic mass is 10.3. The molecule has 2 N–H and O–H groups in total. The van der Waals surface area contributed by atoms with Crippen molar-refractivity contribution in [2.75, 3.05) is 5.73 Å². The van der Waals surface area contributed by atoms with Gasteiger partial charge in [0, 0.05) is 11.1 Å². The number of nitrogens with zero attached hydrogens (tertiary/aromatic N) is 3. The van der Waals surface area contributed by atoms with Gasteiger partial charge in [-0.05, 0) is 36.4 Å². The number of hydrogen-bond acceptors (Lipinski definition) is 6. The molecule has 0 spiro atoms. The smallest absolute Gasteiger partial charge is 0.278 e. The van der Waals surface area contributed by atoms with Gasteiger partial charge in [0.15, 0.2) is 11.5 Å². The van der Waals surface area contributed by atoms with Crippen LogP contribution < -0.4 is 5.73 Å². The monoisotopic (exact) mass is 302 g/mol. The molecule has 106 valence electrons. The Balaban J connectivity index is 1.71. The highest BCUT2D eigenvalue weighted by molar-refractivity contribution is 7.98. The first-order valence-corrected chi connectivity index (χ1v) is 7.13. The van der Waals surface area contributed by atoms with Crippen LogP contribution in [0.2, 0.25) is 0 Å². The van der Waals surface area contributed by atoms with Gasteiger partial charge >= 0.3 is 0 Å². The maximum absolute atomic E-state index is 12.8. The second-order valence-corrected chi connectivity index (χ2v) is 5.25. The van der Waals surface area contributed by atoms with Crippen LogP contribution in [-0.4, -0.2) is 15.1 Å². The summed E-state index contributed by atoms with van der Waals surface area (Å²) in [6, 6.07) is 9.70. The van der Waals surface area contributed by atoms with Crippen LogP contribution >= 0.6 is 11.8 Å². The third-order valence-electron chi connectivity index (χ3n) is 2.69. The van der Waals surface area contributed by atoms with E-state index in [9.17, 15) is 4.39 Å². The summed E-state index contributed by atoms with van der Waals surface area (Å²) < 4.78 is 18.0. The van der Waals surface area contributed by atoms with Gasteiger partial charge in [-0.25, -0.2) is 9.37 Å². The molecule has 0 radical (unpaired) electrons. The molecule has 0 fully saturated rings. The molecule has 0 atom stereocenters. The Morgan fingerprint density at radius 2 is 2.00 bits per heavy atom. The number of hydrogen-bond donors (Lipinski definition) is 1. The molecule has 0 aliphatic heterocycles. The maximum Gasteiger partial charge on any atom is 0.278 e. The van der Waals surface area contributed by atoms with E-state index >= 15 is 0 Å². The van der Waals surface area contributed by atoms with E-state index in [1.165, 1.54) is 23.9 Å². The van der Waals surface area contributed by atoms with Crippen molar-refractivity contribution >= 4 is 17.4 Å². The molecule has 21 heavy (non-hydrogen) atoms. The maximum atomic E-state index is 12.8. The van der Waals surface area contributed by atoms with Crippen LogP contribution in [0.4, 0.5) is 10.1 Å². The average molecular weight is 302 g/mol. The topological polar surface area (TPSA) is 77.8 Å². The minimum absolute atomic E-state index is 0.258. The van der Waals surface area contributed by atoms with E-state index in [0.717, 1.165) is 4.90 Å². The highest BCUT2D eigenvalue weighted by atomic mass is 32.2. The number of rotatable bonds is 4. The Morgan fingerprint density at radius 1 is 1.19 bits per heavy atom. The fourth-order valence-corrected chi connectivity index (χ4v) is 2.43. The van der Waals surface area contributed by atoms with Gasteiger partial charge in [0.2, 0.25) is 0 Å². The largest absolute Gasteiger partial charge is 0.397 e. The summed E-state index contributed by atoms with van der Waals surface area (Å²) in [6.45, 7) is 0. The van der Waals surface area contributed by atoms with E-state index in [4.69, 9.17) is 10.3 Å². The number of thioether (sulfide) groups is 1. The third-order valence-corrected chi connectivity index (χ3v) is 3.70. The van der Waals surface area contributed by atoms with Crippen LogP contribution in [0.1, 0.15) is 5.82 Å². The fourth-order valence-electron chi connectivity index (χ4n) is 1.68. The normalized spacial score (nSPS) is 10.7. The van der Waals surface area contributed by atoms with Crippen LogP contribution in [0.5, 0.6) is 0 Å². The third kappa shape index (κ3) is 3.19. The molecule has 0 amide bonds. The molecule has 3 aromatic rings. The number of nitrogen functional groups attached to an aromatic ring is 1. The Kier molecular flexibility index (Phi) is 3.83. The van der Waals surface area contributed by atoms with Crippen molar-refractivity contribution in [3.63, 3.8) is 0 Å². The van der Waals surface area contributed by atoms with E-state index in [1.54, 1.807) is 30.5 Å². The Bertz CT molecular complexity index is 745. The fraction of sp³-hybridized carbons (Fsp3) is 0.0714. The lowest BCUT2D eigenvalue weighted by Gasteiger charge is -1.98. The predicted molar refractivity (Wildman–Crippen MR) is 77.9 cm³/mol. The van der Waals surface area contributed by atoms with Crippen LogP contribution in [0.3, 0.4) is 0 Å². The zero-order valence-electron chi connectivity index (χ0n) is 10.9. The molecule has 0 unspecified atom stereocenters. The molecule has 0 bridgehead atoms. The van der Waals surface area contributed by atoms with Crippen molar-refractivity contribution in [1.82, 2.24) is 15.1 Å². The molecule has 3 rings (SSSR count). The van der Waals surface area contributed by atoms with Crippen LogP contribution in [-0.2, 0) is 5.75 Å². The summed E-state index contributed by atoms with van der Waals surface area (Å²) in [5, 5.41) is 3.89. The van der Waals surface area contributed by atoms with Crippen molar-refractivity contribution in [3.05, 3.63) is 54.2 Å². The summed E-state index contributed by atoms with van der Waals surface area (Å²) in [5.74, 6) is 1.08. The molecular formula is C14H11FN4OS. The average Bonchev–Trinajstić information content (AvgIpc) is 2.96. The molecule has 1 aromatic carbocycles. The summed E-state index contributed by atoms with van der Waals surface area (Å²) in [5.41, 5.74) is 6.77. The van der Waals surface area contributed by atoms with Crippen LogP contribution in [0.15, 0.2) is 52.0 Å². The lowest BCUT2D eigenvalue weighted by molar-refractivity contribution is 0.424. The molecule has 0 aliphatic rings. The van der Waals surface area contributed by atoms with Gasteiger partial charge in [-0.15, -0.1) is 11.8 Å². The highest BCUT2D eigenvalue weighted by Gasteiger charge is 2.12. The van der Waals surface area contributed by atoms with E-state index in [1.807, 2.05) is 0 Å². The summed E-state index contributed by atoms with van der Waals surface area (Å²) in [7, 11) is 0. The molecule has 0 aliphatic carbocycles. The molecule has 2 heterocycles.